The van der Waals surface area contributed by atoms with Crippen LogP contribution in [0.1, 0.15) is 25.3 Å². The van der Waals surface area contributed by atoms with Crippen molar-refractivity contribution < 1.29 is 9.59 Å². The van der Waals surface area contributed by atoms with Crippen LogP contribution in [0, 0.1) is 5.92 Å². The van der Waals surface area contributed by atoms with Gasteiger partial charge in [0.1, 0.15) is 0 Å². The Morgan fingerprint density at radius 1 is 1.07 bits per heavy atom. The van der Waals surface area contributed by atoms with Gasteiger partial charge in [-0.3, -0.25) is 9.59 Å². The van der Waals surface area contributed by atoms with Crippen molar-refractivity contribution in [3.8, 4) is 11.1 Å². The van der Waals surface area contributed by atoms with Crippen LogP contribution in [0.25, 0.3) is 11.1 Å². The molecule has 1 fully saturated rings. The zero-order chi connectivity index (χ0) is 20.6. The number of amides is 2. The first kappa shape index (κ1) is 21.1. The average Bonchev–Trinajstić information content (AvgIpc) is 2.89. The van der Waals surface area contributed by atoms with Crippen LogP contribution in [0.4, 0.5) is 0 Å². The van der Waals surface area contributed by atoms with Gasteiger partial charge in [0.2, 0.25) is 11.8 Å². The fourth-order valence-corrected chi connectivity index (χ4v) is 4.06. The molecule has 1 atom stereocenters. The lowest BCUT2D eigenvalue weighted by Crippen LogP contribution is -2.38. The number of carbonyl (C=O) groups is 2. The second-order valence-electron chi connectivity index (χ2n) is 7.63. The molecule has 0 saturated carbocycles. The molecular weight excluding hydrogens is 362 g/mol. The summed E-state index contributed by atoms with van der Waals surface area (Å²) in [7, 11) is 0. The molecule has 1 aliphatic rings. The van der Waals surface area contributed by atoms with Crippen molar-refractivity contribution in [3.63, 3.8) is 0 Å². The van der Waals surface area contributed by atoms with Crippen LogP contribution in [0.3, 0.4) is 0 Å². The Labute approximate surface area is 173 Å². The Hall–Kier alpha value is -2.66. The van der Waals surface area contributed by atoms with E-state index in [1.165, 1.54) is 0 Å². The molecule has 154 valence electrons. The third-order valence-electron chi connectivity index (χ3n) is 5.51. The van der Waals surface area contributed by atoms with E-state index < -0.39 is 0 Å². The highest BCUT2D eigenvalue weighted by Gasteiger charge is 2.32. The van der Waals surface area contributed by atoms with Crippen LogP contribution in [-0.4, -0.2) is 54.3 Å². The Kier molecular flexibility index (Phi) is 7.42. The molecular formula is C24H31N3O2. The maximum Gasteiger partial charge on any atom is 0.227 e. The number of carbonyl (C=O) groups excluding carboxylic acids is 2. The SMILES string of the molecule is CCCN1CCN(C(=O)CCN)C[C@H](Cc2ccccc2-c2ccccc2)C1=O. The lowest BCUT2D eigenvalue weighted by atomic mass is 9.91. The van der Waals surface area contributed by atoms with Gasteiger partial charge in [0, 0.05) is 39.1 Å². The lowest BCUT2D eigenvalue weighted by Gasteiger charge is -2.24. The van der Waals surface area contributed by atoms with Crippen molar-refractivity contribution in [1.82, 2.24) is 9.80 Å². The molecule has 1 heterocycles. The summed E-state index contributed by atoms with van der Waals surface area (Å²) in [5, 5.41) is 0. The van der Waals surface area contributed by atoms with E-state index in [2.05, 4.69) is 31.2 Å². The van der Waals surface area contributed by atoms with Gasteiger partial charge in [-0.2, -0.15) is 0 Å². The molecule has 1 saturated heterocycles. The largest absolute Gasteiger partial charge is 0.341 e. The van der Waals surface area contributed by atoms with Gasteiger partial charge in [-0.05, 0) is 29.5 Å². The van der Waals surface area contributed by atoms with Crippen LogP contribution in [0.2, 0.25) is 0 Å². The standard InChI is InChI=1S/C24H31N3O2/c1-2-14-26-15-16-27(23(28)12-13-25)18-21(24(26)29)17-20-10-6-7-11-22(20)19-8-4-3-5-9-19/h3-11,21H,2,12-18,25H2,1H3/t21-/m0/s1. The summed E-state index contributed by atoms with van der Waals surface area (Å²) in [6.45, 7) is 4.79. The highest BCUT2D eigenvalue weighted by Crippen LogP contribution is 2.27. The molecule has 0 aliphatic carbocycles. The van der Waals surface area contributed by atoms with E-state index in [9.17, 15) is 9.59 Å². The summed E-state index contributed by atoms with van der Waals surface area (Å²) >= 11 is 0. The molecule has 0 spiro atoms. The molecule has 2 amide bonds. The Balaban J connectivity index is 1.88. The van der Waals surface area contributed by atoms with E-state index in [1.807, 2.05) is 40.1 Å². The predicted octanol–water partition coefficient (Wildman–Crippen LogP) is 2.94. The first-order chi connectivity index (χ1) is 14.1. The van der Waals surface area contributed by atoms with Crippen molar-refractivity contribution in [2.45, 2.75) is 26.2 Å². The maximum atomic E-state index is 13.3. The first-order valence-corrected chi connectivity index (χ1v) is 10.5. The number of hydrogen-bond acceptors (Lipinski definition) is 3. The number of hydrogen-bond donors (Lipinski definition) is 1. The summed E-state index contributed by atoms with van der Waals surface area (Å²) in [5.74, 6) is -0.0478. The predicted molar refractivity (Wildman–Crippen MR) is 116 cm³/mol. The summed E-state index contributed by atoms with van der Waals surface area (Å²) in [6.07, 6.45) is 1.86. The molecule has 5 nitrogen and oxygen atoms in total. The van der Waals surface area contributed by atoms with E-state index in [0.717, 1.165) is 29.7 Å². The minimum absolute atomic E-state index is 0.0417. The summed E-state index contributed by atoms with van der Waals surface area (Å²) in [4.78, 5) is 29.6. The van der Waals surface area contributed by atoms with E-state index >= 15 is 0 Å². The van der Waals surface area contributed by atoms with Gasteiger partial charge in [-0.25, -0.2) is 0 Å². The fraction of sp³-hybridized carbons (Fsp3) is 0.417. The van der Waals surface area contributed by atoms with Gasteiger partial charge >= 0.3 is 0 Å². The molecule has 5 heteroatoms. The molecule has 2 aromatic rings. The van der Waals surface area contributed by atoms with E-state index in [0.29, 0.717) is 39.0 Å². The number of rotatable bonds is 7. The van der Waals surface area contributed by atoms with Gasteiger partial charge in [-0.15, -0.1) is 0 Å². The van der Waals surface area contributed by atoms with Crippen molar-refractivity contribution >= 4 is 11.8 Å². The second-order valence-corrected chi connectivity index (χ2v) is 7.63. The molecule has 1 aliphatic heterocycles. The van der Waals surface area contributed by atoms with E-state index in [-0.39, 0.29) is 17.7 Å². The quantitative estimate of drug-likeness (QED) is 0.786. The van der Waals surface area contributed by atoms with Gasteiger partial charge in [0.15, 0.2) is 0 Å². The second kappa shape index (κ2) is 10.2. The molecule has 0 unspecified atom stereocenters. The smallest absolute Gasteiger partial charge is 0.227 e. The van der Waals surface area contributed by atoms with Crippen LogP contribution in [-0.2, 0) is 16.0 Å². The zero-order valence-corrected chi connectivity index (χ0v) is 17.2. The number of nitrogens with zero attached hydrogens (tertiary/aromatic N) is 2. The number of nitrogens with two attached hydrogens (primary N) is 1. The third-order valence-corrected chi connectivity index (χ3v) is 5.51. The van der Waals surface area contributed by atoms with Gasteiger partial charge in [0.05, 0.1) is 5.92 Å². The van der Waals surface area contributed by atoms with Crippen LogP contribution >= 0.6 is 0 Å². The van der Waals surface area contributed by atoms with Gasteiger partial charge in [0.25, 0.3) is 0 Å². The van der Waals surface area contributed by atoms with Crippen molar-refractivity contribution in [3.05, 3.63) is 60.2 Å². The Bertz CT molecular complexity index is 822. The van der Waals surface area contributed by atoms with Crippen molar-refractivity contribution in [1.29, 1.82) is 0 Å². The topological polar surface area (TPSA) is 66.6 Å². The number of benzene rings is 2. The summed E-state index contributed by atoms with van der Waals surface area (Å²) in [5.41, 5.74) is 9.02. The van der Waals surface area contributed by atoms with Crippen LogP contribution in [0.5, 0.6) is 0 Å². The molecule has 0 bridgehead atoms. The lowest BCUT2D eigenvalue weighted by molar-refractivity contribution is -0.135. The monoisotopic (exact) mass is 393 g/mol. The molecule has 29 heavy (non-hydrogen) atoms. The van der Waals surface area contributed by atoms with Gasteiger partial charge in [-0.1, -0.05) is 61.5 Å². The summed E-state index contributed by atoms with van der Waals surface area (Å²) < 4.78 is 0. The normalized spacial score (nSPS) is 17.3. The highest BCUT2D eigenvalue weighted by atomic mass is 16.2. The highest BCUT2D eigenvalue weighted by molar-refractivity contribution is 5.83. The van der Waals surface area contributed by atoms with E-state index in [4.69, 9.17) is 5.73 Å². The minimum Gasteiger partial charge on any atom is -0.341 e. The molecule has 2 N–H and O–H groups in total. The van der Waals surface area contributed by atoms with Gasteiger partial charge < -0.3 is 15.5 Å². The van der Waals surface area contributed by atoms with Crippen LogP contribution in [0.15, 0.2) is 54.6 Å². The third kappa shape index (κ3) is 5.24. The minimum atomic E-state index is -0.240. The Morgan fingerprint density at radius 2 is 1.79 bits per heavy atom. The van der Waals surface area contributed by atoms with Crippen molar-refractivity contribution in [2.75, 3.05) is 32.7 Å². The summed E-state index contributed by atoms with van der Waals surface area (Å²) in [6, 6.07) is 18.5. The Morgan fingerprint density at radius 3 is 2.52 bits per heavy atom. The molecule has 2 aromatic carbocycles. The average molecular weight is 394 g/mol. The first-order valence-electron chi connectivity index (χ1n) is 10.5. The van der Waals surface area contributed by atoms with Crippen molar-refractivity contribution in [2.24, 2.45) is 11.7 Å². The molecule has 0 aromatic heterocycles. The molecule has 0 radical (unpaired) electrons. The fourth-order valence-electron chi connectivity index (χ4n) is 4.06. The molecule has 3 rings (SSSR count). The van der Waals surface area contributed by atoms with E-state index in [1.54, 1.807) is 0 Å². The zero-order valence-electron chi connectivity index (χ0n) is 17.2. The van der Waals surface area contributed by atoms with Crippen LogP contribution < -0.4 is 5.73 Å². The maximum absolute atomic E-state index is 13.3.